The van der Waals surface area contributed by atoms with Crippen LogP contribution < -0.4 is 10.9 Å². The molecular weight excluding hydrogens is 455 g/mol. The monoisotopic (exact) mass is 483 g/mol. The van der Waals surface area contributed by atoms with Gasteiger partial charge in [-0.2, -0.15) is 13.2 Å². The van der Waals surface area contributed by atoms with Crippen molar-refractivity contribution in [2.75, 3.05) is 13.1 Å². The van der Waals surface area contributed by atoms with Gasteiger partial charge in [-0.3, -0.25) is 14.6 Å². The number of nitrogens with one attached hydrogen (secondary N) is 2. The number of rotatable bonds is 5. The van der Waals surface area contributed by atoms with Crippen molar-refractivity contribution in [1.29, 1.82) is 0 Å². The SMILES string of the molecule is Cc1nc(-c2ccccn2)[nH]c(=O)c1CC(=O)N1CCC(NC(C)C)CC1.O=C(O)C(F)(F)F. The van der Waals surface area contributed by atoms with Gasteiger partial charge in [-0.25, -0.2) is 9.78 Å². The number of carboxylic acid groups (broad SMARTS) is 1. The number of piperidine rings is 1. The molecule has 186 valence electrons. The second-order valence-corrected chi connectivity index (χ2v) is 8.15. The van der Waals surface area contributed by atoms with Crippen molar-refractivity contribution >= 4 is 11.9 Å². The van der Waals surface area contributed by atoms with Gasteiger partial charge in [0, 0.05) is 42.6 Å². The molecule has 0 bridgehead atoms. The highest BCUT2D eigenvalue weighted by atomic mass is 19.4. The molecule has 0 spiro atoms. The van der Waals surface area contributed by atoms with Gasteiger partial charge in [0.2, 0.25) is 5.91 Å². The van der Waals surface area contributed by atoms with Crippen LogP contribution in [0.2, 0.25) is 0 Å². The van der Waals surface area contributed by atoms with E-state index in [1.165, 1.54) is 0 Å². The van der Waals surface area contributed by atoms with E-state index in [0.29, 0.717) is 34.9 Å². The molecule has 3 N–H and O–H groups in total. The van der Waals surface area contributed by atoms with Crippen LogP contribution in [0.1, 0.15) is 37.9 Å². The van der Waals surface area contributed by atoms with Gasteiger partial charge in [0.1, 0.15) is 5.69 Å². The number of carboxylic acids is 1. The Labute approximate surface area is 194 Å². The zero-order valence-corrected chi connectivity index (χ0v) is 19.1. The molecule has 9 nitrogen and oxygen atoms in total. The fourth-order valence-corrected chi connectivity index (χ4v) is 3.47. The maximum atomic E-state index is 12.7. The second-order valence-electron chi connectivity index (χ2n) is 8.15. The summed E-state index contributed by atoms with van der Waals surface area (Å²) in [6, 6.07) is 6.34. The van der Waals surface area contributed by atoms with Crippen molar-refractivity contribution < 1.29 is 27.9 Å². The maximum Gasteiger partial charge on any atom is 0.490 e. The Kier molecular flexibility index (Phi) is 9.30. The Hall–Kier alpha value is -3.28. The largest absolute Gasteiger partial charge is 0.490 e. The molecule has 34 heavy (non-hydrogen) atoms. The number of aliphatic carboxylic acids is 1. The van der Waals surface area contributed by atoms with E-state index in [1.807, 2.05) is 11.0 Å². The standard InChI is InChI=1S/C20H27N5O2.C2HF3O2/c1-13(2)22-15-7-10-25(11-8-15)18(26)12-16-14(3)23-19(24-20(16)27)17-6-4-5-9-21-17;3-2(4,5)1(6)7/h4-6,9,13,15,22H,7-8,10-12H2,1-3H3,(H,23,24,27);(H,6,7). The zero-order chi connectivity index (χ0) is 25.5. The summed E-state index contributed by atoms with van der Waals surface area (Å²) in [5.74, 6) is -2.35. The molecule has 0 radical (unpaired) electrons. The first-order chi connectivity index (χ1) is 15.9. The van der Waals surface area contributed by atoms with Gasteiger partial charge in [0.15, 0.2) is 5.82 Å². The van der Waals surface area contributed by atoms with Crippen LogP contribution in [0.25, 0.3) is 11.5 Å². The van der Waals surface area contributed by atoms with Crippen LogP contribution in [-0.2, 0) is 16.0 Å². The Bertz CT molecular complexity index is 1030. The molecule has 3 rings (SSSR count). The van der Waals surface area contributed by atoms with Gasteiger partial charge in [0.25, 0.3) is 5.56 Å². The fraction of sp³-hybridized carbons (Fsp3) is 0.500. The summed E-state index contributed by atoms with van der Waals surface area (Å²) < 4.78 is 31.7. The zero-order valence-electron chi connectivity index (χ0n) is 19.1. The summed E-state index contributed by atoms with van der Waals surface area (Å²) >= 11 is 0. The molecule has 0 unspecified atom stereocenters. The number of likely N-dealkylation sites (tertiary alicyclic amines) is 1. The Morgan fingerprint density at radius 1 is 1.26 bits per heavy atom. The van der Waals surface area contributed by atoms with E-state index in [9.17, 15) is 22.8 Å². The molecular formula is C22H28F3N5O4. The van der Waals surface area contributed by atoms with Crippen LogP contribution in [0, 0.1) is 6.92 Å². The van der Waals surface area contributed by atoms with Gasteiger partial charge in [-0.1, -0.05) is 19.9 Å². The first-order valence-electron chi connectivity index (χ1n) is 10.7. The van der Waals surface area contributed by atoms with Gasteiger partial charge in [-0.05, 0) is 31.9 Å². The van der Waals surface area contributed by atoms with Crippen LogP contribution in [-0.4, -0.2) is 68.2 Å². The third-order valence-electron chi connectivity index (χ3n) is 5.12. The van der Waals surface area contributed by atoms with Gasteiger partial charge in [-0.15, -0.1) is 0 Å². The number of aromatic amines is 1. The molecule has 1 amide bonds. The molecule has 0 aliphatic carbocycles. The van der Waals surface area contributed by atoms with Crippen LogP contribution in [0.4, 0.5) is 13.2 Å². The van der Waals surface area contributed by atoms with Crippen molar-refractivity contribution in [3.63, 3.8) is 0 Å². The predicted molar refractivity (Wildman–Crippen MR) is 118 cm³/mol. The highest BCUT2D eigenvalue weighted by Crippen LogP contribution is 2.15. The third-order valence-corrected chi connectivity index (χ3v) is 5.12. The van der Waals surface area contributed by atoms with Gasteiger partial charge < -0.3 is 20.3 Å². The number of nitrogens with zero attached hydrogens (tertiary/aromatic N) is 3. The number of hydrogen-bond acceptors (Lipinski definition) is 6. The van der Waals surface area contributed by atoms with Crippen molar-refractivity contribution in [3.05, 3.63) is 46.0 Å². The Morgan fingerprint density at radius 2 is 1.88 bits per heavy atom. The minimum atomic E-state index is -5.08. The second kappa shape index (κ2) is 11.7. The first kappa shape index (κ1) is 27.0. The average Bonchev–Trinajstić information content (AvgIpc) is 2.76. The van der Waals surface area contributed by atoms with E-state index in [4.69, 9.17) is 9.90 Å². The highest BCUT2D eigenvalue weighted by Gasteiger charge is 2.38. The minimum absolute atomic E-state index is 0.0148. The number of aryl methyl sites for hydroxylation is 1. The number of hydrogen-bond donors (Lipinski definition) is 3. The van der Waals surface area contributed by atoms with Gasteiger partial charge in [0.05, 0.1) is 6.42 Å². The number of amides is 1. The summed E-state index contributed by atoms with van der Waals surface area (Å²) in [4.78, 5) is 47.4. The lowest BCUT2D eigenvalue weighted by Crippen LogP contribution is -2.47. The lowest BCUT2D eigenvalue weighted by Gasteiger charge is -2.33. The van der Waals surface area contributed by atoms with E-state index < -0.39 is 12.1 Å². The molecule has 0 aromatic carbocycles. The summed E-state index contributed by atoms with van der Waals surface area (Å²) in [6.45, 7) is 7.48. The summed E-state index contributed by atoms with van der Waals surface area (Å²) in [6.07, 6.45) is -1.47. The third kappa shape index (κ3) is 7.94. The highest BCUT2D eigenvalue weighted by molar-refractivity contribution is 5.79. The molecule has 0 saturated carbocycles. The van der Waals surface area contributed by atoms with Crippen LogP contribution in [0.5, 0.6) is 0 Å². The molecule has 0 atom stereocenters. The predicted octanol–water partition coefficient (Wildman–Crippen LogP) is 2.31. The number of H-pyrrole nitrogens is 1. The average molecular weight is 483 g/mol. The van der Waals surface area contributed by atoms with E-state index in [1.54, 1.807) is 25.3 Å². The molecule has 1 saturated heterocycles. The van der Waals surface area contributed by atoms with E-state index in [-0.39, 0.29) is 17.9 Å². The van der Waals surface area contributed by atoms with Crippen molar-refractivity contribution in [3.8, 4) is 11.5 Å². The Morgan fingerprint density at radius 3 is 2.35 bits per heavy atom. The molecule has 1 fully saturated rings. The molecule has 2 aromatic rings. The van der Waals surface area contributed by atoms with Crippen LogP contribution >= 0.6 is 0 Å². The molecule has 1 aliphatic heterocycles. The normalized spacial score (nSPS) is 14.5. The fourth-order valence-electron chi connectivity index (χ4n) is 3.47. The van der Waals surface area contributed by atoms with Crippen LogP contribution in [0.3, 0.4) is 0 Å². The lowest BCUT2D eigenvalue weighted by atomic mass is 10.0. The molecule has 12 heteroatoms. The number of carbonyl (C=O) groups is 2. The minimum Gasteiger partial charge on any atom is -0.475 e. The first-order valence-corrected chi connectivity index (χ1v) is 10.7. The molecule has 3 heterocycles. The van der Waals surface area contributed by atoms with Crippen LogP contribution in [0.15, 0.2) is 29.2 Å². The number of pyridine rings is 1. The topological polar surface area (TPSA) is 128 Å². The van der Waals surface area contributed by atoms with Gasteiger partial charge >= 0.3 is 12.1 Å². The number of aromatic nitrogens is 3. The molecule has 1 aliphatic rings. The number of alkyl halides is 3. The molecule has 2 aromatic heterocycles. The maximum absolute atomic E-state index is 12.7. The van der Waals surface area contributed by atoms with E-state index in [2.05, 4.69) is 34.1 Å². The quantitative estimate of drug-likeness (QED) is 0.595. The number of halogens is 3. The Balaban J connectivity index is 0.000000509. The van der Waals surface area contributed by atoms with Crippen molar-refractivity contribution in [1.82, 2.24) is 25.2 Å². The summed E-state index contributed by atoms with van der Waals surface area (Å²) in [7, 11) is 0. The smallest absolute Gasteiger partial charge is 0.475 e. The van der Waals surface area contributed by atoms with Crippen molar-refractivity contribution in [2.45, 2.75) is 58.3 Å². The lowest BCUT2D eigenvalue weighted by molar-refractivity contribution is -0.192. The van der Waals surface area contributed by atoms with E-state index in [0.717, 1.165) is 25.9 Å². The summed E-state index contributed by atoms with van der Waals surface area (Å²) in [5.41, 5.74) is 1.34. The van der Waals surface area contributed by atoms with Crippen molar-refractivity contribution in [2.24, 2.45) is 0 Å². The number of carbonyl (C=O) groups excluding carboxylic acids is 1. The van der Waals surface area contributed by atoms with E-state index >= 15 is 0 Å². The summed E-state index contributed by atoms with van der Waals surface area (Å²) in [5, 5.41) is 10.6.